The van der Waals surface area contributed by atoms with Crippen LogP contribution in [0.3, 0.4) is 0 Å². The third-order valence-electron chi connectivity index (χ3n) is 2.27. The maximum absolute atomic E-state index is 9.08. The van der Waals surface area contributed by atoms with Crippen LogP contribution in [0.5, 0.6) is 5.75 Å². The quantitative estimate of drug-likeness (QED) is 0.622. The van der Waals surface area contributed by atoms with Crippen molar-refractivity contribution in [1.82, 2.24) is 9.38 Å². The maximum atomic E-state index is 9.08. The van der Waals surface area contributed by atoms with Crippen molar-refractivity contribution in [2.75, 3.05) is 7.11 Å². The van der Waals surface area contributed by atoms with Gasteiger partial charge in [0.25, 0.3) is 0 Å². The van der Waals surface area contributed by atoms with Crippen LogP contribution in [-0.2, 0) is 0 Å². The molecule has 0 fully saturated rings. The molecule has 0 aliphatic rings. The van der Waals surface area contributed by atoms with Gasteiger partial charge in [-0.2, -0.15) is 5.26 Å². The Balaban J connectivity index is 2.77. The van der Waals surface area contributed by atoms with Crippen molar-refractivity contribution in [3.8, 4) is 11.8 Å². The Morgan fingerprint density at radius 1 is 1.56 bits per heavy atom. The number of methoxy groups -OCH3 is 1. The zero-order valence-corrected chi connectivity index (χ0v) is 8.45. The van der Waals surface area contributed by atoms with Gasteiger partial charge in [0.15, 0.2) is 5.65 Å². The highest BCUT2D eigenvalue weighted by molar-refractivity contribution is 6.57. The number of nitrogens with zero attached hydrogens (tertiary/aromatic N) is 3. The van der Waals surface area contributed by atoms with E-state index in [-0.39, 0.29) is 11.2 Å². The summed E-state index contributed by atoms with van der Waals surface area (Å²) in [4.78, 5) is 3.96. The van der Waals surface area contributed by atoms with Gasteiger partial charge in [-0.05, 0) is 6.07 Å². The molecule has 7 heteroatoms. The first-order valence-corrected chi connectivity index (χ1v) is 4.49. The van der Waals surface area contributed by atoms with E-state index >= 15 is 0 Å². The summed E-state index contributed by atoms with van der Waals surface area (Å²) < 4.78 is 6.45. The van der Waals surface area contributed by atoms with Crippen molar-refractivity contribution in [1.29, 1.82) is 5.26 Å². The molecule has 0 radical (unpaired) electrons. The molecule has 80 valence electrons. The number of rotatable bonds is 2. The van der Waals surface area contributed by atoms with Crippen molar-refractivity contribution in [2.24, 2.45) is 0 Å². The lowest BCUT2D eigenvalue weighted by atomic mass is 9.87. The largest absolute Gasteiger partial charge is 0.508 e. The van der Waals surface area contributed by atoms with Crippen LogP contribution < -0.4 is 10.3 Å². The number of aromatic nitrogens is 2. The standard InChI is InChI=1S/C9H8BN3O3/c1-16-7-2-3-13-8(10(14)15)5-12-9(13)6(7)4-11/h2-3,5,14-15H,1H3. The molecule has 0 amide bonds. The number of nitriles is 1. The predicted molar refractivity (Wildman–Crippen MR) is 56.3 cm³/mol. The summed E-state index contributed by atoms with van der Waals surface area (Å²) in [5.41, 5.74) is 0.802. The number of fused-ring (bicyclic) bond motifs is 1. The summed E-state index contributed by atoms with van der Waals surface area (Å²) in [6, 6.07) is 3.54. The van der Waals surface area contributed by atoms with Crippen molar-refractivity contribution in [2.45, 2.75) is 0 Å². The Morgan fingerprint density at radius 2 is 2.31 bits per heavy atom. The van der Waals surface area contributed by atoms with Gasteiger partial charge in [0.2, 0.25) is 0 Å². The van der Waals surface area contributed by atoms with Gasteiger partial charge in [-0.1, -0.05) is 0 Å². The van der Waals surface area contributed by atoms with Crippen molar-refractivity contribution in [3.63, 3.8) is 0 Å². The first kappa shape index (κ1) is 10.5. The Morgan fingerprint density at radius 3 is 2.88 bits per heavy atom. The molecule has 0 unspecified atom stereocenters. The number of imidazole rings is 1. The van der Waals surface area contributed by atoms with E-state index < -0.39 is 7.12 Å². The maximum Gasteiger partial charge on any atom is 0.508 e. The van der Waals surface area contributed by atoms with Gasteiger partial charge in [0.1, 0.15) is 17.4 Å². The molecule has 0 saturated heterocycles. The highest BCUT2D eigenvalue weighted by atomic mass is 16.5. The van der Waals surface area contributed by atoms with Crippen LogP contribution >= 0.6 is 0 Å². The van der Waals surface area contributed by atoms with Crippen LogP contribution in [0.15, 0.2) is 18.5 Å². The van der Waals surface area contributed by atoms with E-state index in [0.717, 1.165) is 0 Å². The SMILES string of the molecule is COc1ccn2c(B(O)O)cnc2c1C#N. The van der Waals surface area contributed by atoms with Gasteiger partial charge in [0.05, 0.1) is 12.7 Å². The number of ether oxygens (including phenoxy) is 1. The van der Waals surface area contributed by atoms with Gasteiger partial charge in [-0.15, -0.1) is 0 Å². The molecule has 16 heavy (non-hydrogen) atoms. The molecule has 0 aliphatic carbocycles. The van der Waals surface area contributed by atoms with Crippen LogP contribution in [-0.4, -0.2) is 33.7 Å². The summed E-state index contributed by atoms with van der Waals surface area (Å²) in [5.74, 6) is 0.402. The predicted octanol–water partition coefficient (Wildman–Crippen LogP) is -1.11. The summed E-state index contributed by atoms with van der Waals surface area (Å²) in [6.07, 6.45) is 2.87. The van der Waals surface area contributed by atoms with E-state index in [4.69, 9.17) is 20.0 Å². The minimum atomic E-state index is -1.63. The smallest absolute Gasteiger partial charge is 0.495 e. The van der Waals surface area contributed by atoms with Crippen LogP contribution in [0.25, 0.3) is 5.65 Å². The number of hydrogen-bond acceptors (Lipinski definition) is 5. The molecule has 0 atom stereocenters. The highest BCUT2D eigenvalue weighted by Crippen LogP contribution is 2.20. The summed E-state index contributed by atoms with van der Waals surface area (Å²) >= 11 is 0. The van der Waals surface area contributed by atoms with E-state index in [1.54, 1.807) is 12.3 Å². The monoisotopic (exact) mass is 217 g/mol. The molecule has 6 nitrogen and oxygen atoms in total. The Kier molecular flexibility index (Phi) is 2.52. The molecule has 0 bridgehead atoms. The summed E-state index contributed by atoms with van der Waals surface area (Å²) in [6.45, 7) is 0. The molecule has 2 heterocycles. The molecule has 2 aromatic heterocycles. The van der Waals surface area contributed by atoms with Crippen molar-refractivity contribution >= 4 is 18.4 Å². The average molecular weight is 217 g/mol. The molecular weight excluding hydrogens is 209 g/mol. The molecule has 0 spiro atoms. The van der Waals surface area contributed by atoms with Gasteiger partial charge >= 0.3 is 7.12 Å². The first-order chi connectivity index (χ1) is 7.69. The Hall–Kier alpha value is -2.04. The molecule has 2 N–H and O–H groups in total. The van der Waals surface area contributed by atoms with Crippen LogP contribution in [0, 0.1) is 11.3 Å². The number of pyridine rings is 1. The fourth-order valence-corrected chi connectivity index (χ4v) is 1.52. The lowest BCUT2D eigenvalue weighted by molar-refractivity contribution is 0.413. The minimum Gasteiger partial charge on any atom is -0.495 e. The third-order valence-corrected chi connectivity index (χ3v) is 2.27. The van der Waals surface area contributed by atoms with Crippen molar-refractivity contribution < 1.29 is 14.8 Å². The third kappa shape index (κ3) is 1.41. The fourth-order valence-electron chi connectivity index (χ4n) is 1.52. The zero-order valence-electron chi connectivity index (χ0n) is 8.45. The summed E-state index contributed by atoms with van der Waals surface area (Å²) in [5, 5.41) is 27.1. The van der Waals surface area contributed by atoms with Crippen LogP contribution in [0.2, 0.25) is 0 Å². The molecule has 0 aromatic carbocycles. The van der Waals surface area contributed by atoms with E-state index in [1.807, 2.05) is 6.07 Å². The second-order valence-corrected chi connectivity index (χ2v) is 3.12. The van der Waals surface area contributed by atoms with E-state index in [2.05, 4.69) is 4.98 Å². The van der Waals surface area contributed by atoms with Crippen LogP contribution in [0.4, 0.5) is 0 Å². The minimum absolute atomic E-state index is 0.203. The molecular formula is C9H8BN3O3. The first-order valence-electron chi connectivity index (χ1n) is 4.49. The van der Waals surface area contributed by atoms with Crippen LogP contribution in [0.1, 0.15) is 5.56 Å². The Labute approximate surface area is 91.5 Å². The molecule has 0 aliphatic heterocycles. The second kappa shape index (κ2) is 3.85. The van der Waals surface area contributed by atoms with Gasteiger partial charge in [-0.3, -0.25) is 0 Å². The van der Waals surface area contributed by atoms with E-state index in [9.17, 15) is 0 Å². The lowest BCUT2D eigenvalue weighted by Gasteiger charge is -2.05. The molecule has 2 rings (SSSR count). The van der Waals surface area contributed by atoms with Crippen molar-refractivity contribution in [3.05, 3.63) is 24.0 Å². The van der Waals surface area contributed by atoms with Gasteiger partial charge in [-0.25, -0.2) is 4.98 Å². The highest BCUT2D eigenvalue weighted by Gasteiger charge is 2.19. The Bertz CT molecular complexity index is 573. The zero-order chi connectivity index (χ0) is 11.7. The molecule has 2 aromatic rings. The normalized spacial score (nSPS) is 10.1. The van der Waals surface area contributed by atoms with E-state index in [1.165, 1.54) is 17.7 Å². The lowest BCUT2D eigenvalue weighted by Crippen LogP contribution is -2.33. The second-order valence-electron chi connectivity index (χ2n) is 3.12. The van der Waals surface area contributed by atoms with Gasteiger partial charge in [0, 0.05) is 12.4 Å². The topological polar surface area (TPSA) is 90.8 Å². The molecule has 0 saturated carbocycles. The fraction of sp³-hybridized carbons (Fsp3) is 0.111. The van der Waals surface area contributed by atoms with Gasteiger partial charge < -0.3 is 19.2 Å². The average Bonchev–Trinajstić information content (AvgIpc) is 2.71. The van der Waals surface area contributed by atoms with E-state index in [0.29, 0.717) is 11.4 Å². The number of hydrogen-bond donors (Lipinski definition) is 2. The summed E-state index contributed by atoms with van der Waals surface area (Å²) in [7, 11) is -0.174.